The SMILES string of the molecule is Cc1cnc(CNC(=O)CN2CC[C@H](N(C)C)C2)cn1. The van der Waals surface area contributed by atoms with Gasteiger partial charge in [0, 0.05) is 25.3 Å². The molecule has 0 spiro atoms. The molecular formula is C14H23N5O. The molecule has 1 saturated heterocycles. The summed E-state index contributed by atoms with van der Waals surface area (Å²) in [6.45, 7) is 4.75. The van der Waals surface area contributed by atoms with Crippen LogP contribution >= 0.6 is 0 Å². The van der Waals surface area contributed by atoms with Crippen LogP contribution in [-0.2, 0) is 11.3 Å². The summed E-state index contributed by atoms with van der Waals surface area (Å²) in [5.74, 6) is 0.0479. The lowest BCUT2D eigenvalue weighted by atomic mass is 10.2. The molecule has 6 heteroatoms. The van der Waals surface area contributed by atoms with E-state index in [0.29, 0.717) is 19.1 Å². The minimum atomic E-state index is 0.0479. The second-order valence-electron chi connectivity index (χ2n) is 5.57. The van der Waals surface area contributed by atoms with Crippen molar-refractivity contribution in [2.45, 2.75) is 25.9 Å². The number of aryl methyl sites for hydroxylation is 1. The van der Waals surface area contributed by atoms with Crippen LogP contribution in [-0.4, -0.2) is 65.4 Å². The van der Waals surface area contributed by atoms with Gasteiger partial charge in [-0.05, 0) is 27.4 Å². The van der Waals surface area contributed by atoms with Crippen molar-refractivity contribution in [3.63, 3.8) is 0 Å². The average Bonchev–Trinajstić information content (AvgIpc) is 2.87. The molecule has 6 nitrogen and oxygen atoms in total. The van der Waals surface area contributed by atoms with E-state index < -0.39 is 0 Å². The molecule has 1 aliphatic heterocycles. The summed E-state index contributed by atoms with van der Waals surface area (Å²) in [4.78, 5) is 24.7. The van der Waals surface area contributed by atoms with Crippen molar-refractivity contribution in [2.75, 3.05) is 33.7 Å². The van der Waals surface area contributed by atoms with Crippen LogP contribution in [0.5, 0.6) is 0 Å². The average molecular weight is 277 g/mol. The number of hydrogen-bond acceptors (Lipinski definition) is 5. The molecule has 20 heavy (non-hydrogen) atoms. The van der Waals surface area contributed by atoms with Gasteiger partial charge in [0.1, 0.15) is 0 Å². The molecular weight excluding hydrogens is 254 g/mol. The van der Waals surface area contributed by atoms with E-state index in [4.69, 9.17) is 0 Å². The maximum absolute atomic E-state index is 11.9. The molecule has 0 aliphatic carbocycles. The number of carbonyl (C=O) groups excluding carboxylic acids is 1. The quantitative estimate of drug-likeness (QED) is 0.823. The number of carbonyl (C=O) groups is 1. The summed E-state index contributed by atoms with van der Waals surface area (Å²) in [5, 5.41) is 2.89. The molecule has 0 bridgehead atoms. The van der Waals surface area contributed by atoms with Gasteiger partial charge in [0.15, 0.2) is 0 Å². The Kier molecular flexibility index (Phi) is 5.03. The number of likely N-dealkylation sites (tertiary alicyclic amines) is 1. The van der Waals surface area contributed by atoms with E-state index in [0.717, 1.165) is 30.9 Å². The van der Waals surface area contributed by atoms with Crippen molar-refractivity contribution in [3.05, 3.63) is 23.8 Å². The van der Waals surface area contributed by atoms with Gasteiger partial charge in [0.05, 0.1) is 30.7 Å². The maximum atomic E-state index is 11.9. The van der Waals surface area contributed by atoms with E-state index in [-0.39, 0.29) is 5.91 Å². The number of amides is 1. The highest BCUT2D eigenvalue weighted by molar-refractivity contribution is 5.78. The zero-order valence-electron chi connectivity index (χ0n) is 12.5. The van der Waals surface area contributed by atoms with E-state index in [1.54, 1.807) is 12.4 Å². The standard InChI is InChI=1S/C14H23N5O/c1-11-6-16-12(7-15-11)8-17-14(20)10-19-5-4-13(9-19)18(2)3/h6-7,13H,4-5,8-10H2,1-3H3,(H,17,20)/t13-/m0/s1. The second kappa shape index (κ2) is 6.76. The minimum Gasteiger partial charge on any atom is -0.349 e. The third-order valence-corrected chi connectivity index (χ3v) is 3.65. The molecule has 110 valence electrons. The Bertz CT molecular complexity index is 445. The Morgan fingerprint density at radius 2 is 2.25 bits per heavy atom. The van der Waals surface area contributed by atoms with Gasteiger partial charge in [-0.3, -0.25) is 19.7 Å². The van der Waals surface area contributed by atoms with Gasteiger partial charge in [0.2, 0.25) is 5.91 Å². The fraction of sp³-hybridized carbons (Fsp3) is 0.643. The Morgan fingerprint density at radius 3 is 2.85 bits per heavy atom. The monoisotopic (exact) mass is 277 g/mol. The van der Waals surface area contributed by atoms with Gasteiger partial charge in [-0.1, -0.05) is 0 Å². The van der Waals surface area contributed by atoms with Gasteiger partial charge in [-0.25, -0.2) is 0 Å². The van der Waals surface area contributed by atoms with Gasteiger partial charge >= 0.3 is 0 Å². The van der Waals surface area contributed by atoms with E-state index in [1.807, 2.05) is 6.92 Å². The molecule has 1 atom stereocenters. The Labute approximate surface area is 120 Å². The van der Waals surface area contributed by atoms with Crippen LogP contribution in [0.4, 0.5) is 0 Å². The van der Waals surface area contributed by atoms with Crippen LogP contribution in [0.1, 0.15) is 17.8 Å². The van der Waals surface area contributed by atoms with Crippen LogP contribution in [0.15, 0.2) is 12.4 Å². The Balaban J connectivity index is 1.72. The molecule has 2 rings (SSSR count). The first-order chi connectivity index (χ1) is 9.54. The zero-order chi connectivity index (χ0) is 14.5. The highest BCUT2D eigenvalue weighted by Crippen LogP contribution is 2.12. The van der Waals surface area contributed by atoms with Crippen molar-refractivity contribution in [3.8, 4) is 0 Å². The summed E-state index contributed by atoms with van der Waals surface area (Å²) in [7, 11) is 4.18. The lowest BCUT2D eigenvalue weighted by molar-refractivity contribution is -0.122. The third-order valence-electron chi connectivity index (χ3n) is 3.65. The van der Waals surface area contributed by atoms with E-state index in [1.165, 1.54) is 0 Å². The van der Waals surface area contributed by atoms with Crippen LogP contribution in [0.3, 0.4) is 0 Å². The maximum Gasteiger partial charge on any atom is 0.234 e. The number of nitrogens with zero attached hydrogens (tertiary/aromatic N) is 4. The molecule has 1 fully saturated rings. The summed E-state index contributed by atoms with van der Waals surface area (Å²) < 4.78 is 0. The van der Waals surface area contributed by atoms with Crippen LogP contribution in [0.2, 0.25) is 0 Å². The lowest BCUT2D eigenvalue weighted by Gasteiger charge is -2.20. The lowest BCUT2D eigenvalue weighted by Crippen LogP contribution is -2.38. The highest BCUT2D eigenvalue weighted by atomic mass is 16.2. The number of rotatable bonds is 5. The van der Waals surface area contributed by atoms with Gasteiger partial charge in [-0.15, -0.1) is 0 Å². The smallest absolute Gasteiger partial charge is 0.234 e. The molecule has 1 amide bonds. The van der Waals surface area contributed by atoms with E-state index in [9.17, 15) is 4.79 Å². The number of hydrogen-bond donors (Lipinski definition) is 1. The second-order valence-corrected chi connectivity index (χ2v) is 5.57. The van der Waals surface area contributed by atoms with Crippen molar-refractivity contribution in [1.82, 2.24) is 25.1 Å². The fourth-order valence-electron chi connectivity index (χ4n) is 2.34. The predicted molar refractivity (Wildman–Crippen MR) is 77.1 cm³/mol. The summed E-state index contributed by atoms with van der Waals surface area (Å²) in [6, 6.07) is 0.561. The molecule has 1 aromatic rings. The highest BCUT2D eigenvalue weighted by Gasteiger charge is 2.25. The number of nitrogens with one attached hydrogen (secondary N) is 1. The molecule has 0 saturated carbocycles. The molecule has 2 heterocycles. The van der Waals surface area contributed by atoms with E-state index in [2.05, 4.69) is 39.2 Å². The van der Waals surface area contributed by atoms with Crippen LogP contribution in [0.25, 0.3) is 0 Å². The van der Waals surface area contributed by atoms with Gasteiger partial charge in [0.25, 0.3) is 0 Å². The molecule has 0 radical (unpaired) electrons. The van der Waals surface area contributed by atoms with Crippen molar-refractivity contribution < 1.29 is 4.79 Å². The summed E-state index contributed by atoms with van der Waals surface area (Å²) >= 11 is 0. The Morgan fingerprint density at radius 1 is 1.45 bits per heavy atom. The fourth-order valence-corrected chi connectivity index (χ4v) is 2.34. The first-order valence-corrected chi connectivity index (χ1v) is 6.97. The molecule has 0 aromatic carbocycles. The van der Waals surface area contributed by atoms with Crippen molar-refractivity contribution >= 4 is 5.91 Å². The number of aromatic nitrogens is 2. The Hall–Kier alpha value is -1.53. The molecule has 1 aromatic heterocycles. The van der Waals surface area contributed by atoms with E-state index >= 15 is 0 Å². The number of likely N-dealkylation sites (N-methyl/N-ethyl adjacent to an activating group) is 1. The minimum absolute atomic E-state index is 0.0479. The van der Waals surface area contributed by atoms with Crippen molar-refractivity contribution in [2.24, 2.45) is 0 Å². The first kappa shape index (κ1) is 14.9. The molecule has 0 unspecified atom stereocenters. The van der Waals surface area contributed by atoms with Crippen molar-refractivity contribution in [1.29, 1.82) is 0 Å². The van der Waals surface area contributed by atoms with Gasteiger partial charge < -0.3 is 10.2 Å². The summed E-state index contributed by atoms with van der Waals surface area (Å²) in [6.07, 6.45) is 4.54. The normalized spacial score (nSPS) is 19.5. The molecule has 1 aliphatic rings. The third kappa shape index (κ3) is 4.25. The zero-order valence-corrected chi connectivity index (χ0v) is 12.5. The van der Waals surface area contributed by atoms with Crippen LogP contribution < -0.4 is 5.32 Å². The topological polar surface area (TPSA) is 61.4 Å². The molecule has 1 N–H and O–H groups in total. The predicted octanol–water partition coefficient (Wildman–Crippen LogP) is 0.0371. The largest absolute Gasteiger partial charge is 0.349 e. The van der Waals surface area contributed by atoms with Gasteiger partial charge in [-0.2, -0.15) is 0 Å². The van der Waals surface area contributed by atoms with Crippen LogP contribution in [0, 0.1) is 6.92 Å². The summed E-state index contributed by atoms with van der Waals surface area (Å²) in [5.41, 5.74) is 1.67. The first-order valence-electron chi connectivity index (χ1n) is 6.97.